The van der Waals surface area contributed by atoms with E-state index in [2.05, 4.69) is 10.3 Å². The molecule has 0 bridgehead atoms. The number of aromatic nitrogens is 1. The third kappa shape index (κ3) is 4.43. The van der Waals surface area contributed by atoms with E-state index in [-0.39, 0.29) is 11.6 Å². The van der Waals surface area contributed by atoms with E-state index in [1.165, 1.54) is 17.8 Å². The summed E-state index contributed by atoms with van der Waals surface area (Å²) < 4.78 is 26.3. The van der Waals surface area contributed by atoms with Crippen molar-refractivity contribution < 1.29 is 13.6 Å². The molecular weight excluding hydrogens is 362 g/mol. The van der Waals surface area contributed by atoms with Gasteiger partial charge in [-0.25, -0.2) is 13.8 Å². The summed E-state index contributed by atoms with van der Waals surface area (Å²) in [6.45, 7) is 1.95. The van der Waals surface area contributed by atoms with Crippen molar-refractivity contribution in [1.29, 1.82) is 0 Å². The minimum atomic E-state index is -1.00. The number of benzene rings is 2. The predicted octanol–water partition coefficient (Wildman–Crippen LogP) is 5.27. The zero-order chi connectivity index (χ0) is 17.8. The lowest BCUT2D eigenvalue weighted by atomic mass is 10.2. The minimum Gasteiger partial charge on any atom is -0.322 e. The summed E-state index contributed by atoms with van der Waals surface area (Å²) in [5.74, 6) is -1.67. The number of halogens is 2. The number of aryl methyl sites for hydroxylation is 1. The van der Waals surface area contributed by atoms with E-state index in [4.69, 9.17) is 0 Å². The van der Waals surface area contributed by atoms with Crippen LogP contribution < -0.4 is 5.32 Å². The second-order valence-electron chi connectivity index (χ2n) is 5.23. The minimum absolute atomic E-state index is 0.207. The first-order valence-electron chi connectivity index (χ1n) is 7.42. The van der Waals surface area contributed by atoms with Gasteiger partial charge in [-0.05, 0) is 31.2 Å². The smallest absolute Gasteiger partial charge is 0.256 e. The SMILES string of the molecule is Cc1nc(CSc2ccccc2C(=O)Nc2ccc(F)c(F)c2)cs1. The van der Waals surface area contributed by atoms with Gasteiger partial charge in [-0.15, -0.1) is 23.1 Å². The molecule has 1 amide bonds. The van der Waals surface area contributed by atoms with Crippen molar-refractivity contribution in [2.45, 2.75) is 17.6 Å². The molecule has 0 aliphatic carbocycles. The van der Waals surface area contributed by atoms with Crippen molar-refractivity contribution in [3.05, 3.63) is 75.7 Å². The highest BCUT2D eigenvalue weighted by Crippen LogP contribution is 2.27. The fourth-order valence-electron chi connectivity index (χ4n) is 2.18. The summed E-state index contributed by atoms with van der Waals surface area (Å²) in [5.41, 5.74) is 1.64. The van der Waals surface area contributed by atoms with Gasteiger partial charge in [-0.1, -0.05) is 12.1 Å². The van der Waals surface area contributed by atoms with Crippen molar-refractivity contribution in [3.63, 3.8) is 0 Å². The quantitative estimate of drug-likeness (QED) is 0.617. The Bertz CT molecular complexity index is 912. The molecule has 3 rings (SSSR count). The third-order valence-corrected chi connectivity index (χ3v) is 5.28. The van der Waals surface area contributed by atoms with E-state index in [0.29, 0.717) is 11.3 Å². The van der Waals surface area contributed by atoms with Crippen LogP contribution in [0.25, 0.3) is 0 Å². The number of carbonyl (C=O) groups is 1. The van der Waals surface area contributed by atoms with Crippen LogP contribution >= 0.6 is 23.1 Å². The number of nitrogens with zero attached hydrogens (tertiary/aromatic N) is 1. The molecule has 3 nitrogen and oxygen atoms in total. The number of hydrogen-bond acceptors (Lipinski definition) is 4. The topological polar surface area (TPSA) is 42.0 Å². The van der Waals surface area contributed by atoms with Crippen LogP contribution in [0, 0.1) is 18.6 Å². The number of amides is 1. The van der Waals surface area contributed by atoms with Gasteiger partial charge in [-0.2, -0.15) is 0 Å². The first kappa shape index (κ1) is 17.6. The Morgan fingerprint density at radius 3 is 2.72 bits per heavy atom. The van der Waals surface area contributed by atoms with E-state index < -0.39 is 11.6 Å². The fraction of sp³-hybridized carbons (Fsp3) is 0.111. The highest BCUT2D eigenvalue weighted by Gasteiger charge is 2.13. The maximum absolute atomic E-state index is 13.3. The molecule has 1 N–H and O–H groups in total. The number of thioether (sulfide) groups is 1. The lowest BCUT2D eigenvalue weighted by molar-refractivity contribution is 0.102. The number of anilines is 1. The first-order chi connectivity index (χ1) is 12.0. The van der Waals surface area contributed by atoms with Gasteiger partial charge in [0, 0.05) is 27.8 Å². The van der Waals surface area contributed by atoms with Crippen LogP contribution in [0.2, 0.25) is 0 Å². The molecule has 25 heavy (non-hydrogen) atoms. The molecule has 0 saturated carbocycles. The van der Waals surface area contributed by atoms with Gasteiger partial charge in [0.25, 0.3) is 5.91 Å². The van der Waals surface area contributed by atoms with E-state index in [1.54, 1.807) is 23.5 Å². The maximum atomic E-state index is 13.3. The van der Waals surface area contributed by atoms with Crippen molar-refractivity contribution in [1.82, 2.24) is 4.98 Å². The van der Waals surface area contributed by atoms with Gasteiger partial charge in [0.1, 0.15) is 0 Å². The Balaban J connectivity index is 1.74. The van der Waals surface area contributed by atoms with Gasteiger partial charge in [0.05, 0.1) is 16.3 Å². The van der Waals surface area contributed by atoms with E-state index >= 15 is 0 Å². The highest BCUT2D eigenvalue weighted by atomic mass is 32.2. The van der Waals surface area contributed by atoms with Crippen molar-refractivity contribution in [2.24, 2.45) is 0 Å². The standard InChI is InChI=1S/C18H14F2N2OS2/c1-11-21-13(9-24-11)10-25-17-5-3-2-4-14(17)18(23)22-12-6-7-15(19)16(20)8-12/h2-9H,10H2,1H3,(H,22,23). The van der Waals surface area contributed by atoms with Crippen LogP contribution in [0.15, 0.2) is 52.7 Å². The Kier molecular flexibility index (Phi) is 5.45. The van der Waals surface area contributed by atoms with Crippen LogP contribution in [0.3, 0.4) is 0 Å². The molecule has 7 heteroatoms. The Morgan fingerprint density at radius 1 is 1.20 bits per heavy atom. The first-order valence-corrected chi connectivity index (χ1v) is 9.28. The Morgan fingerprint density at radius 2 is 2.00 bits per heavy atom. The lowest BCUT2D eigenvalue weighted by Crippen LogP contribution is -2.13. The number of thiazole rings is 1. The predicted molar refractivity (Wildman–Crippen MR) is 97.2 cm³/mol. The molecule has 0 spiro atoms. The van der Waals surface area contributed by atoms with E-state index in [9.17, 15) is 13.6 Å². The molecule has 128 valence electrons. The number of nitrogens with one attached hydrogen (secondary N) is 1. The second kappa shape index (κ2) is 7.76. The van der Waals surface area contributed by atoms with Crippen LogP contribution in [0.1, 0.15) is 21.1 Å². The van der Waals surface area contributed by atoms with Crippen molar-refractivity contribution >= 4 is 34.7 Å². The van der Waals surface area contributed by atoms with Crippen LogP contribution in [-0.4, -0.2) is 10.9 Å². The lowest BCUT2D eigenvalue weighted by Gasteiger charge is -2.10. The van der Waals surface area contributed by atoms with Crippen molar-refractivity contribution in [2.75, 3.05) is 5.32 Å². The normalized spacial score (nSPS) is 10.7. The fourth-order valence-corrected chi connectivity index (χ4v) is 3.84. The molecule has 3 aromatic rings. The van der Waals surface area contributed by atoms with E-state index in [1.807, 2.05) is 24.4 Å². The number of carbonyl (C=O) groups excluding carboxylic acids is 1. The molecule has 0 unspecified atom stereocenters. The Hall–Kier alpha value is -2.25. The second-order valence-corrected chi connectivity index (χ2v) is 7.31. The number of hydrogen-bond donors (Lipinski definition) is 1. The van der Waals surface area contributed by atoms with Crippen LogP contribution in [-0.2, 0) is 5.75 Å². The van der Waals surface area contributed by atoms with Gasteiger partial charge < -0.3 is 5.32 Å². The van der Waals surface area contributed by atoms with Gasteiger partial charge >= 0.3 is 0 Å². The Labute approximate surface area is 152 Å². The number of rotatable bonds is 5. The third-order valence-electron chi connectivity index (χ3n) is 3.35. The monoisotopic (exact) mass is 376 g/mol. The summed E-state index contributed by atoms with van der Waals surface area (Å²) in [6.07, 6.45) is 0. The van der Waals surface area contributed by atoms with Gasteiger partial charge in [0.2, 0.25) is 0 Å². The molecule has 0 saturated heterocycles. The molecule has 1 heterocycles. The molecule has 0 aliphatic heterocycles. The van der Waals surface area contributed by atoms with Gasteiger partial charge in [0.15, 0.2) is 11.6 Å². The molecule has 0 aliphatic rings. The largest absolute Gasteiger partial charge is 0.322 e. The van der Waals surface area contributed by atoms with Crippen molar-refractivity contribution in [3.8, 4) is 0 Å². The summed E-state index contributed by atoms with van der Waals surface area (Å²) in [4.78, 5) is 17.7. The maximum Gasteiger partial charge on any atom is 0.256 e. The summed E-state index contributed by atoms with van der Waals surface area (Å²) >= 11 is 3.09. The molecule has 1 aromatic heterocycles. The summed E-state index contributed by atoms with van der Waals surface area (Å²) in [6, 6.07) is 10.4. The molecule has 0 atom stereocenters. The summed E-state index contributed by atoms with van der Waals surface area (Å²) in [5, 5.41) is 5.59. The van der Waals surface area contributed by atoms with Crippen LogP contribution in [0.4, 0.5) is 14.5 Å². The average molecular weight is 376 g/mol. The zero-order valence-corrected chi connectivity index (χ0v) is 14.9. The summed E-state index contributed by atoms with van der Waals surface area (Å²) in [7, 11) is 0. The zero-order valence-electron chi connectivity index (χ0n) is 13.3. The average Bonchev–Trinajstić information content (AvgIpc) is 3.02. The highest BCUT2D eigenvalue weighted by molar-refractivity contribution is 7.98. The van der Waals surface area contributed by atoms with Gasteiger partial charge in [-0.3, -0.25) is 4.79 Å². The molecule has 2 aromatic carbocycles. The van der Waals surface area contributed by atoms with Crippen LogP contribution in [0.5, 0.6) is 0 Å². The molecule has 0 fully saturated rings. The molecular formula is C18H14F2N2OS2. The van der Waals surface area contributed by atoms with E-state index in [0.717, 1.165) is 27.7 Å². The molecule has 0 radical (unpaired) electrons.